The van der Waals surface area contributed by atoms with E-state index in [-0.39, 0.29) is 12.2 Å². The minimum absolute atomic E-state index is 0.0189. The highest BCUT2D eigenvalue weighted by atomic mass is 19.1. The lowest BCUT2D eigenvalue weighted by Crippen LogP contribution is -2.23. The highest BCUT2D eigenvalue weighted by molar-refractivity contribution is 5.41. The molecule has 7 heteroatoms. The molecular formula is C17H17FN4O2. The first-order valence-electron chi connectivity index (χ1n) is 7.44. The standard InChI is InChI=1S/C17H17FN4O2/c1-11-7-8-16(12(2)9-11)24-10-13-14(18)5-4-6-15(13)22-17(23)21(3)19-20-22/h4-9H,10H2,1-3H3. The lowest BCUT2D eigenvalue weighted by molar-refractivity contribution is 0.297. The topological polar surface area (TPSA) is 61.9 Å². The summed E-state index contributed by atoms with van der Waals surface area (Å²) in [5, 5.41) is 7.43. The van der Waals surface area contributed by atoms with E-state index in [2.05, 4.69) is 10.4 Å². The number of nitrogens with zero attached hydrogens (tertiary/aromatic N) is 4. The van der Waals surface area contributed by atoms with Gasteiger partial charge in [0.15, 0.2) is 0 Å². The van der Waals surface area contributed by atoms with E-state index in [4.69, 9.17) is 4.74 Å². The number of halogens is 1. The van der Waals surface area contributed by atoms with Crippen LogP contribution in [-0.4, -0.2) is 19.8 Å². The van der Waals surface area contributed by atoms with Crippen LogP contribution in [-0.2, 0) is 13.7 Å². The van der Waals surface area contributed by atoms with E-state index in [9.17, 15) is 9.18 Å². The molecule has 1 heterocycles. The second kappa shape index (κ2) is 6.27. The summed E-state index contributed by atoms with van der Waals surface area (Å²) in [7, 11) is 1.48. The van der Waals surface area contributed by atoms with Crippen molar-refractivity contribution in [2.45, 2.75) is 20.5 Å². The molecule has 3 rings (SSSR count). The van der Waals surface area contributed by atoms with E-state index in [1.165, 1.54) is 19.2 Å². The summed E-state index contributed by atoms with van der Waals surface area (Å²) in [5.74, 6) is 0.205. The maximum absolute atomic E-state index is 14.3. The summed E-state index contributed by atoms with van der Waals surface area (Å²) in [6.07, 6.45) is 0. The molecule has 0 bridgehead atoms. The van der Waals surface area contributed by atoms with Crippen LogP contribution in [0.15, 0.2) is 41.2 Å². The van der Waals surface area contributed by atoms with Crippen molar-refractivity contribution in [1.29, 1.82) is 0 Å². The number of aryl methyl sites for hydroxylation is 3. The molecule has 0 radical (unpaired) electrons. The zero-order valence-corrected chi connectivity index (χ0v) is 13.7. The molecule has 0 spiro atoms. The Bertz CT molecular complexity index is 946. The number of ether oxygens (including phenoxy) is 1. The monoisotopic (exact) mass is 328 g/mol. The Balaban J connectivity index is 1.96. The van der Waals surface area contributed by atoms with Gasteiger partial charge in [-0.05, 0) is 48.0 Å². The molecule has 0 amide bonds. The molecule has 2 aromatic carbocycles. The fraction of sp³-hybridized carbons (Fsp3) is 0.235. The van der Waals surface area contributed by atoms with Gasteiger partial charge >= 0.3 is 5.69 Å². The number of rotatable bonds is 4. The Morgan fingerprint density at radius 3 is 2.62 bits per heavy atom. The number of hydrogen-bond acceptors (Lipinski definition) is 4. The minimum Gasteiger partial charge on any atom is -0.488 e. The number of hydrogen-bond donors (Lipinski definition) is 0. The summed E-state index contributed by atoms with van der Waals surface area (Å²) in [5.41, 5.74) is 2.20. The SMILES string of the molecule is Cc1ccc(OCc2c(F)cccc2-n2nnn(C)c2=O)c(C)c1. The first-order chi connectivity index (χ1) is 11.5. The van der Waals surface area contributed by atoms with Crippen LogP contribution in [0.4, 0.5) is 4.39 Å². The number of tetrazole rings is 1. The first-order valence-corrected chi connectivity index (χ1v) is 7.44. The van der Waals surface area contributed by atoms with Crippen molar-refractivity contribution in [3.05, 3.63) is 69.4 Å². The molecule has 3 aromatic rings. The maximum Gasteiger partial charge on any atom is 0.368 e. The molecule has 124 valence electrons. The summed E-state index contributed by atoms with van der Waals surface area (Å²) in [4.78, 5) is 12.0. The summed E-state index contributed by atoms with van der Waals surface area (Å²) < 4.78 is 22.2. The van der Waals surface area contributed by atoms with Crippen LogP contribution >= 0.6 is 0 Å². The zero-order chi connectivity index (χ0) is 17.3. The lowest BCUT2D eigenvalue weighted by Gasteiger charge is -2.13. The minimum atomic E-state index is -0.463. The van der Waals surface area contributed by atoms with Crippen LogP contribution in [0.2, 0.25) is 0 Å². The van der Waals surface area contributed by atoms with Gasteiger partial charge in [-0.2, -0.15) is 9.36 Å². The van der Waals surface area contributed by atoms with Gasteiger partial charge in [-0.1, -0.05) is 23.8 Å². The fourth-order valence-corrected chi connectivity index (χ4v) is 2.46. The average Bonchev–Trinajstić information content (AvgIpc) is 2.87. The molecule has 0 atom stereocenters. The molecule has 6 nitrogen and oxygen atoms in total. The molecule has 0 unspecified atom stereocenters. The third kappa shape index (κ3) is 2.92. The highest BCUT2D eigenvalue weighted by Crippen LogP contribution is 2.23. The number of aromatic nitrogens is 4. The van der Waals surface area contributed by atoms with Crippen LogP contribution in [0.5, 0.6) is 5.75 Å². The van der Waals surface area contributed by atoms with Crippen LogP contribution in [0, 0.1) is 19.7 Å². The molecule has 0 saturated carbocycles. The molecule has 0 N–H and O–H groups in total. The quantitative estimate of drug-likeness (QED) is 0.737. The molecule has 0 aliphatic carbocycles. The fourth-order valence-electron chi connectivity index (χ4n) is 2.46. The molecule has 0 saturated heterocycles. The smallest absolute Gasteiger partial charge is 0.368 e. The van der Waals surface area contributed by atoms with Crippen molar-refractivity contribution < 1.29 is 9.13 Å². The second-order valence-electron chi connectivity index (χ2n) is 5.59. The zero-order valence-electron chi connectivity index (χ0n) is 13.7. The largest absolute Gasteiger partial charge is 0.488 e. The van der Waals surface area contributed by atoms with Crippen LogP contribution in [0.25, 0.3) is 5.69 Å². The lowest BCUT2D eigenvalue weighted by atomic mass is 10.1. The average molecular weight is 328 g/mol. The maximum atomic E-state index is 14.3. The van der Waals surface area contributed by atoms with Gasteiger partial charge in [-0.15, -0.1) is 0 Å². The molecule has 0 fully saturated rings. The van der Waals surface area contributed by atoms with E-state index in [0.29, 0.717) is 11.4 Å². The Kier molecular flexibility index (Phi) is 4.16. The van der Waals surface area contributed by atoms with E-state index < -0.39 is 11.5 Å². The number of benzene rings is 2. The van der Waals surface area contributed by atoms with Gasteiger partial charge in [0.25, 0.3) is 0 Å². The van der Waals surface area contributed by atoms with Gasteiger partial charge in [0.1, 0.15) is 18.2 Å². The normalized spacial score (nSPS) is 10.8. The molecule has 24 heavy (non-hydrogen) atoms. The summed E-state index contributed by atoms with van der Waals surface area (Å²) >= 11 is 0. The van der Waals surface area contributed by atoms with Gasteiger partial charge in [-0.25, -0.2) is 9.18 Å². The van der Waals surface area contributed by atoms with Gasteiger partial charge < -0.3 is 4.74 Å². The van der Waals surface area contributed by atoms with Gasteiger partial charge in [-0.3, -0.25) is 0 Å². The molecule has 0 aliphatic heterocycles. The van der Waals surface area contributed by atoms with Gasteiger partial charge in [0.05, 0.1) is 11.3 Å². The van der Waals surface area contributed by atoms with Crippen molar-refractivity contribution in [1.82, 2.24) is 19.8 Å². The third-order valence-corrected chi connectivity index (χ3v) is 3.75. The second-order valence-corrected chi connectivity index (χ2v) is 5.59. The summed E-state index contributed by atoms with van der Waals surface area (Å²) in [6, 6.07) is 10.2. The van der Waals surface area contributed by atoms with Crippen molar-refractivity contribution in [3.63, 3.8) is 0 Å². The van der Waals surface area contributed by atoms with E-state index >= 15 is 0 Å². The third-order valence-electron chi connectivity index (χ3n) is 3.75. The molecule has 1 aromatic heterocycles. The Hall–Kier alpha value is -2.96. The predicted octanol–water partition coefficient (Wildman–Crippen LogP) is 2.30. The van der Waals surface area contributed by atoms with Crippen molar-refractivity contribution >= 4 is 0 Å². The summed E-state index contributed by atoms with van der Waals surface area (Å²) in [6.45, 7) is 3.90. The Morgan fingerprint density at radius 2 is 1.96 bits per heavy atom. The van der Waals surface area contributed by atoms with Gasteiger partial charge in [0, 0.05) is 7.05 Å². The van der Waals surface area contributed by atoms with Crippen LogP contribution in [0.1, 0.15) is 16.7 Å². The molecular weight excluding hydrogens is 311 g/mol. The highest BCUT2D eigenvalue weighted by Gasteiger charge is 2.15. The van der Waals surface area contributed by atoms with Crippen molar-refractivity contribution in [2.75, 3.05) is 0 Å². The molecule has 0 aliphatic rings. The van der Waals surface area contributed by atoms with Gasteiger partial charge in [0.2, 0.25) is 0 Å². The Labute approximate surface area is 138 Å². The van der Waals surface area contributed by atoms with Crippen molar-refractivity contribution in [3.8, 4) is 11.4 Å². The Morgan fingerprint density at radius 1 is 1.17 bits per heavy atom. The van der Waals surface area contributed by atoms with E-state index in [1.807, 2.05) is 32.0 Å². The van der Waals surface area contributed by atoms with Crippen molar-refractivity contribution in [2.24, 2.45) is 7.05 Å². The predicted molar refractivity (Wildman–Crippen MR) is 86.8 cm³/mol. The first kappa shape index (κ1) is 15.9. The van der Waals surface area contributed by atoms with Crippen LogP contribution < -0.4 is 10.4 Å². The van der Waals surface area contributed by atoms with Crippen LogP contribution in [0.3, 0.4) is 0 Å². The van der Waals surface area contributed by atoms with E-state index in [0.717, 1.165) is 20.5 Å². The van der Waals surface area contributed by atoms with E-state index in [1.54, 1.807) is 6.07 Å².